The molecule has 0 aliphatic carbocycles. The van der Waals surface area contributed by atoms with Crippen LogP contribution in [0.2, 0.25) is 5.02 Å². The minimum atomic E-state index is -0.380. The van der Waals surface area contributed by atoms with E-state index in [1.54, 1.807) is 0 Å². The molecule has 0 saturated carbocycles. The predicted octanol–water partition coefficient (Wildman–Crippen LogP) is 2.34. The summed E-state index contributed by atoms with van der Waals surface area (Å²) in [6.45, 7) is 4.00. The maximum atomic E-state index is 9.05. The zero-order chi connectivity index (χ0) is 14.5. The van der Waals surface area contributed by atoms with Crippen LogP contribution in [0.4, 0.5) is 0 Å². The van der Waals surface area contributed by atoms with E-state index in [1.807, 2.05) is 24.3 Å². The van der Waals surface area contributed by atoms with Crippen LogP contribution in [0, 0.1) is 11.3 Å². The molecule has 1 aromatic carbocycles. The summed E-state index contributed by atoms with van der Waals surface area (Å²) in [7, 11) is 0. The fraction of sp³-hybridized carbons (Fsp3) is 0.533. The van der Waals surface area contributed by atoms with E-state index < -0.39 is 0 Å². The molecule has 1 aliphatic heterocycles. The first-order valence-corrected chi connectivity index (χ1v) is 7.29. The monoisotopic (exact) mass is 293 g/mol. The second-order valence-electron chi connectivity index (χ2n) is 5.06. The third-order valence-corrected chi connectivity index (χ3v) is 3.94. The topological polar surface area (TPSA) is 62.3 Å². The Kier molecular flexibility index (Phi) is 5.38. The molecule has 108 valence electrons. The van der Waals surface area contributed by atoms with Gasteiger partial charge in [-0.2, -0.15) is 5.26 Å². The van der Waals surface area contributed by atoms with Crippen LogP contribution in [-0.4, -0.2) is 36.7 Å². The summed E-state index contributed by atoms with van der Waals surface area (Å²) in [6, 6.07) is 10.1. The Hall–Kier alpha value is -1.12. The van der Waals surface area contributed by atoms with Gasteiger partial charge in [0.1, 0.15) is 0 Å². The van der Waals surface area contributed by atoms with Gasteiger partial charge in [0, 0.05) is 24.2 Å². The maximum Gasteiger partial charge on any atom is 0.156 e. The van der Waals surface area contributed by atoms with Crippen molar-refractivity contribution in [3.8, 4) is 6.07 Å². The van der Waals surface area contributed by atoms with E-state index in [0.29, 0.717) is 18.2 Å². The molecule has 1 saturated heterocycles. The molecule has 3 unspecified atom stereocenters. The number of benzene rings is 1. The van der Waals surface area contributed by atoms with E-state index in [9.17, 15) is 0 Å². The average molecular weight is 294 g/mol. The highest BCUT2D eigenvalue weighted by atomic mass is 35.5. The van der Waals surface area contributed by atoms with Gasteiger partial charge in [0.25, 0.3) is 0 Å². The minimum absolute atomic E-state index is 0.00547. The summed E-state index contributed by atoms with van der Waals surface area (Å²) >= 11 is 6.10. The molecule has 2 rings (SSSR count). The molecule has 0 amide bonds. The lowest BCUT2D eigenvalue weighted by Crippen LogP contribution is -2.49. The second-order valence-corrected chi connectivity index (χ2v) is 5.49. The normalized spacial score (nSPS) is 23.0. The van der Waals surface area contributed by atoms with Crippen molar-refractivity contribution in [1.82, 2.24) is 4.90 Å². The number of rotatable bonds is 4. The van der Waals surface area contributed by atoms with Crippen LogP contribution < -0.4 is 5.73 Å². The molecule has 2 N–H and O–H groups in total. The number of hydrogen-bond donors (Lipinski definition) is 1. The number of nitrogens with two attached hydrogens (primary N) is 1. The lowest BCUT2D eigenvalue weighted by Gasteiger charge is -2.39. The minimum Gasteiger partial charge on any atom is -0.361 e. The summed E-state index contributed by atoms with van der Waals surface area (Å²) < 4.78 is 5.41. The lowest BCUT2D eigenvalue weighted by molar-refractivity contribution is -0.0222. The molecule has 0 bridgehead atoms. The Morgan fingerprint density at radius 1 is 1.60 bits per heavy atom. The number of nitriles is 1. The molecule has 3 atom stereocenters. The Balaban J connectivity index is 2.26. The molecule has 1 aliphatic rings. The van der Waals surface area contributed by atoms with Crippen molar-refractivity contribution in [2.24, 2.45) is 5.73 Å². The van der Waals surface area contributed by atoms with Gasteiger partial charge in [0.2, 0.25) is 0 Å². The summed E-state index contributed by atoms with van der Waals surface area (Å²) in [5.41, 5.74) is 7.41. The smallest absolute Gasteiger partial charge is 0.156 e. The molecule has 1 heterocycles. The van der Waals surface area contributed by atoms with Crippen molar-refractivity contribution >= 4 is 11.6 Å². The molecular weight excluding hydrogens is 274 g/mol. The van der Waals surface area contributed by atoms with Crippen molar-refractivity contribution in [1.29, 1.82) is 5.26 Å². The van der Waals surface area contributed by atoms with E-state index in [0.717, 1.165) is 18.5 Å². The van der Waals surface area contributed by atoms with Gasteiger partial charge in [0.15, 0.2) is 6.10 Å². The van der Waals surface area contributed by atoms with Crippen molar-refractivity contribution in [2.75, 3.05) is 19.7 Å². The quantitative estimate of drug-likeness (QED) is 0.925. The number of halogens is 1. The van der Waals surface area contributed by atoms with Gasteiger partial charge in [0.05, 0.1) is 18.7 Å². The van der Waals surface area contributed by atoms with Crippen LogP contribution in [0.5, 0.6) is 0 Å². The molecule has 1 fully saturated rings. The van der Waals surface area contributed by atoms with Crippen LogP contribution in [-0.2, 0) is 4.74 Å². The zero-order valence-electron chi connectivity index (χ0n) is 11.6. The molecular formula is C15H20ClN3O. The van der Waals surface area contributed by atoms with Crippen LogP contribution in [0.3, 0.4) is 0 Å². The second kappa shape index (κ2) is 7.05. The number of morpholine rings is 1. The number of hydrogen-bond acceptors (Lipinski definition) is 4. The van der Waals surface area contributed by atoms with Gasteiger partial charge in [-0.05, 0) is 24.1 Å². The van der Waals surface area contributed by atoms with Crippen LogP contribution >= 0.6 is 11.6 Å². The van der Waals surface area contributed by atoms with E-state index in [4.69, 9.17) is 27.3 Å². The molecule has 5 heteroatoms. The summed E-state index contributed by atoms with van der Waals surface area (Å²) in [6.07, 6.45) is 0.487. The van der Waals surface area contributed by atoms with Crippen LogP contribution in [0.1, 0.15) is 24.9 Å². The predicted molar refractivity (Wildman–Crippen MR) is 79.4 cm³/mol. The molecule has 1 aromatic rings. The third-order valence-electron chi connectivity index (χ3n) is 3.70. The largest absolute Gasteiger partial charge is 0.361 e. The Labute approximate surface area is 125 Å². The highest BCUT2D eigenvalue weighted by molar-refractivity contribution is 6.30. The first-order chi connectivity index (χ1) is 9.65. The molecule has 0 spiro atoms. The van der Waals surface area contributed by atoms with Crippen LogP contribution in [0.15, 0.2) is 24.3 Å². The summed E-state index contributed by atoms with van der Waals surface area (Å²) in [5.74, 6) is 0. The molecule has 0 radical (unpaired) electrons. The maximum absolute atomic E-state index is 9.05. The highest BCUT2D eigenvalue weighted by Crippen LogP contribution is 2.28. The summed E-state index contributed by atoms with van der Waals surface area (Å²) in [4.78, 5) is 2.23. The van der Waals surface area contributed by atoms with E-state index >= 15 is 0 Å². The van der Waals surface area contributed by atoms with Crippen molar-refractivity contribution < 1.29 is 4.74 Å². The van der Waals surface area contributed by atoms with Gasteiger partial charge < -0.3 is 10.5 Å². The fourth-order valence-corrected chi connectivity index (χ4v) is 2.84. The van der Waals surface area contributed by atoms with Crippen molar-refractivity contribution in [3.63, 3.8) is 0 Å². The van der Waals surface area contributed by atoms with Crippen molar-refractivity contribution in [2.45, 2.75) is 31.5 Å². The van der Waals surface area contributed by atoms with Gasteiger partial charge >= 0.3 is 0 Å². The Bertz CT molecular complexity index is 488. The Morgan fingerprint density at radius 2 is 2.40 bits per heavy atom. The fourth-order valence-electron chi connectivity index (χ4n) is 2.64. The standard InChI is InChI=1S/C15H20ClN3O/c1-2-14(18)15(11-4-3-5-12(16)8-11)19-6-7-20-13(9-17)10-19/h3-5,8,13-15H,2,6-7,10,18H2,1H3. The number of nitrogens with zero attached hydrogens (tertiary/aromatic N) is 2. The van der Waals surface area contributed by atoms with Crippen molar-refractivity contribution in [3.05, 3.63) is 34.9 Å². The van der Waals surface area contributed by atoms with E-state index in [1.165, 1.54) is 0 Å². The first-order valence-electron chi connectivity index (χ1n) is 6.92. The summed E-state index contributed by atoms with van der Waals surface area (Å²) in [5, 5.41) is 9.76. The van der Waals surface area contributed by atoms with Gasteiger partial charge in [-0.3, -0.25) is 4.90 Å². The number of ether oxygens (including phenoxy) is 1. The van der Waals surface area contributed by atoms with Gasteiger partial charge in [-0.15, -0.1) is 0 Å². The molecule has 4 nitrogen and oxygen atoms in total. The SMILES string of the molecule is CCC(N)C(c1cccc(Cl)c1)N1CCOC(C#N)C1. The lowest BCUT2D eigenvalue weighted by atomic mass is 9.95. The van der Waals surface area contributed by atoms with Gasteiger partial charge in [-0.1, -0.05) is 30.7 Å². The average Bonchev–Trinajstić information content (AvgIpc) is 2.47. The molecule has 20 heavy (non-hydrogen) atoms. The van der Waals surface area contributed by atoms with E-state index in [2.05, 4.69) is 17.9 Å². The first kappa shape index (κ1) is 15.3. The van der Waals surface area contributed by atoms with Gasteiger partial charge in [-0.25, -0.2) is 0 Å². The Morgan fingerprint density at radius 3 is 3.05 bits per heavy atom. The third kappa shape index (κ3) is 3.50. The van der Waals surface area contributed by atoms with E-state index in [-0.39, 0.29) is 18.2 Å². The molecule has 0 aromatic heterocycles. The van der Waals surface area contributed by atoms with Crippen LogP contribution in [0.25, 0.3) is 0 Å². The zero-order valence-corrected chi connectivity index (χ0v) is 12.4. The highest BCUT2D eigenvalue weighted by Gasteiger charge is 2.30.